The lowest BCUT2D eigenvalue weighted by Gasteiger charge is -1.96. The van der Waals surface area contributed by atoms with Crippen LogP contribution >= 0.6 is 34.4 Å². The maximum absolute atomic E-state index is 4.49. The lowest BCUT2D eigenvalue weighted by atomic mass is 10.1. The summed E-state index contributed by atoms with van der Waals surface area (Å²) in [5, 5.41) is 4.69. The molecule has 0 saturated carbocycles. The first-order valence-electron chi connectivity index (χ1n) is 5.80. The lowest BCUT2D eigenvalue weighted by Crippen LogP contribution is -1.77. The molecule has 0 bridgehead atoms. The van der Waals surface area contributed by atoms with Crippen LogP contribution in [0.25, 0.3) is 31.2 Å². The molecule has 0 N–H and O–H groups in total. The van der Waals surface area contributed by atoms with Gasteiger partial charge in [-0.3, -0.25) is 0 Å². The highest BCUT2D eigenvalue weighted by Gasteiger charge is 2.16. The van der Waals surface area contributed by atoms with Gasteiger partial charge in [0.25, 0.3) is 0 Å². The second-order valence-electron chi connectivity index (χ2n) is 4.67. The first-order chi connectivity index (χ1) is 8.75. The van der Waals surface area contributed by atoms with Crippen LogP contribution in [0.1, 0.15) is 24.6 Å². The van der Waals surface area contributed by atoms with Crippen molar-refractivity contribution in [2.24, 2.45) is 0 Å². The number of nitrogens with zero attached hydrogens (tertiary/aromatic N) is 2. The lowest BCUT2D eigenvalue weighted by molar-refractivity contribution is 0.890. The van der Waals surface area contributed by atoms with E-state index in [2.05, 4.69) is 40.1 Å². The van der Waals surface area contributed by atoms with Crippen molar-refractivity contribution < 1.29 is 0 Å². The molecule has 0 fully saturated rings. The highest BCUT2D eigenvalue weighted by Crippen LogP contribution is 2.42. The van der Waals surface area contributed by atoms with Gasteiger partial charge in [0.2, 0.25) is 0 Å². The first kappa shape index (κ1) is 10.8. The van der Waals surface area contributed by atoms with E-state index in [0.717, 1.165) is 11.0 Å². The molecule has 0 unspecified atom stereocenters. The number of aromatic nitrogens is 2. The van der Waals surface area contributed by atoms with Crippen LogP contribution in [0.5, 0.6) is 0 Å². The predicted octanol–water partition coefficient (Wildman–Crippen LogP) is 5.24. The summed E-state index contributed by atoms with van der Waals surface area (Å²) in [5.41, 5.74) is 2.14. The minimum atomic E-state index is 0.569. The predicted molar refractivity (Wildman–Crippen MR) is 82.3 cm³/mol. The van der Waals surface area contributed by atoms with Crippen LogP contribution in [0.4, 0.5) is 0 Å². The third-order valence-electron chi connectivity index (χ3n) is 3.19. The van der Waals surface area contributed by atoms with Gasteiger partial charge in [0, 0.05) is 15.6 Å². The Balaban J connectivity index is 2.31. The Labute approximate surface area is 116 Å². The highest BCUT2D eigenvalue weighted by molar-refractivity contribution is 7.26. The van der Waals surface area contributed by atoms with Crippen molar-refractivity contribution in [3.8, 4) is 0 Å². The summed E-state index contributed by atoms with van der Waals surface area (Å²) in [6.45, 7) is 4.49. The number of hydrogen-bond acceptors (Lipinski definition) is 5. The van der Waals surface area contributed by atoms with Crippen LogP contribution in [-0.2, 0) is 0 Å². The fraction of sp³-hybridized carbons (Fsp3) is 0.231. The minimum Gasteiger partial charge on any atom is -0.172 e. The first-order valence-corrected chi connectivity index (χ1v) is 8.23. The van der Waals surface area contributed by atoms with E-state index in [-0.39, 0.29) is 0 Å². The van der Waals surface area contributed by atoms with Gasteiger partial charge in [0.1, 0.15) is 11.0 Å². The van der Waals surface area contributed by atoms with Crippen LogP contribution < -0.4 is 0 Å². The van der Waals surface area contributed by atoms with Gasteiger partial charge in [-0.15, -0.1) is 22.7 Å². The molecule has 0 amide bonds. The fourth-order valence-corrected chi connectivity index (χ4v) is 5.06. The molecule has 90 valence electrons. The Hall–Kier alpha value is -1.04. The van der Waals surface area contributed by atoms with Gasteiger partial charge in [-0.2, -0.15) is 8.75 Å². The van der Waals surface area contributed by atoms with Crippen molar-refractivity contribution in [3.63, 3.8) is 0 Å². The van der Waals surface area contributed by atoms with Gasteiger partial charge in [0.15, 0.2) is 0 Å². The second kappa shape index (κ2) is 3.73. The average Bonchev–Trinajstić information content (AvgIpc) is 3.06. The van der Waals surface area contributed by atoms with E-state index in [1.165, 1.54) is 36.8 Å². The van der Waals surface area contributed by atoms with Crippen molar-refractivity contribution in [1.29, 1.82) is 0 Å². The molecule has 0 atom stereocenters. The van der Waals surface area contributed by atoms with E-state index in [1.54, 1.807) is 0 Å². The van der Waals surface area contributed by atoms with Gasteiger partial charge in [-0.1, -0.05) is 13.8 Å². The summed E-state index contributed by atoms with van der Waals surface area (Å²) in [5.74, 6) is 0.569. The van der Waals surface area contributed by atoms with Crippen molar-refractivity contribution in [2.75, 3.05) is 0 Å². The zero-order chi connectivity index (χ0) is 12.3. The number of rotatable bonds is 1. The van der Waals surface area contributed by atoms with Gasteiger partial charge < -0.3 is 0 Å². The Morgan fingerprint density at radius 2 is 1.83 bits per heavy atom. The molecule has 0 aliphatic carbocycles. The van der Waals surface area contributed by atoms with Crippen LogP contribution in [0.2, 0.25) is 0 Å². The van der Waals surface area contributed by atoms with Gasteiger partial charge >= 0.3 is 0 Å². The molecule has 5 heteroatoms. The molecule has 3 heterocycles. The summed E-state index contributed by atoms with van der Waals surface area (Å²) in [7, 11) is 0. The Morgan fingerprint density at radius 3 is 2.61 bits per heavy atom. The smallest absolute Gasteiger partial charge is 0.114 e. The quantitative estimate of drug-likeness (QED) is 0.479. The summed E-state index contributed by atoms with van der Waals surface area (Å²) < 4.78 is 11.7. The molecule has 0 radical (unpaired) electrons. The Morgan fingerprint density at radius 1 is 1.06 bits per heavy atom. The monoisotopic (exact) mass is 290 g/mol. The van der Waals surface area contributed by atoms with E-state index >= 15 is 0 Å². The second-order valence-corrected chi connectivity index (χ2v) is 7.20. The third-order valence-corrected chi connectivity index (χ3v) is 6.23. The Kier molecular flexibility index (Phi) is 2.24. The maximum Gasteiger partial charge on any atom is 0.114 e. The number of benzene rings is 1. The number of thiophene rings is 2. The van der Waals surface area contributed by atoms with Crippen molar-refractivity contribution in [3.05, 3.63) is 22.4 Å². The molecule has 2 nitrogen and oxygen atoms in total. The van der Waals surface area contributed by atoms with Gasteiger partial charge in [0.05, 0.1) is 21.1 Å². The zero-order valence-electron chi connectivity index (χ0n) is 9.93. The van der Waals surface area contributed by atoms with Gasteiger partial charge in [-0.25, -0.2) is 0 Å². The number of hydrogen-bond donors (Lipinski definition) is 0. The van der Waals surface area contributed by atoms with Crippen LogP contribution in [-0.4, -0.2) is 8.75 Å². The number of fused-ring (bicyclic) bond motifs is 6. The van der Waals surface area contributed by atoms with Crippen molar-refractivity contribution >= 4 is 65.6 Å². The Bertz CT molecular complexity index is 799. The van der Waals surface area contributed by atoms with Crippen molar-refractivity contribution in [2.45, 2.75) is 19.8 Å². The molecule has 0 saturated heterocycles. The molecule has 4 aromatic rings. The zero-order valence-corrected chi connectivity index (χ0v) is 12.4. The van der Waals surface area contributed by atoms with Crippen LogP contribution in [0.15, 0.2) is 17.5 Å². The molecule has 1 aromatic carbocycles. The molecule has 4 rings (SSSR count). The molecule has 0 aliphatic heterocycles. The molecule has 0 spiro atoms. The van der Waals surface area contributed by atoms with E-state index in [0.29, 0.717) is 5.92 Å². The third kappa shape index (κ3) is 1.32. The minimum absolute atomic E-state index is 0.569. The topological polar surface area (TPSA) is 25.8 Å². The standard InChI is InChI=1S/C13H10N2S3/c1-6(2)9-5-8-11-10(14-18-15-11)7-3-4-16-12(7)13(8)17-9/h3-6H,1-2H3. The maximum atomic E-state index is 4.49. The van der Waals surface area contributed by atoms with E-state index < -0.39 is 0 Å². The molecular formula is C13H10N2S3. The van der Waals surface area contributed by atoms with Crippen LogP contribution in [0, 0.1) is 0 Å². The van der Waals surface area contributed by atoms with E-state index in [4.69, 9.17) is 0 Å². The van der Waals surface area contributed by atoms with E-state index in [9.17, 15) is 0 Å². The summed E-state index contributed by atoms with van der Waals surface area (Å²) >= 11 is 5.03. The van der Waals surface area contributed by atoms with Crippen molar-refractivity contribution in [1.82, 2.24) is 8.75 Å². The van der Waals surface area contributed by atoms with Gasteiger partial charge in [-0.05, 0) is 23.4 Å². The van der Waals surface area contributed by atoms with E-state index in [1.807, 2.05) is 22.7 Å². The molecule has 3 aromatic heterocycles. The molecule has 18 heavy (non-hydrogen) atoms. The molecular weight excluding hydrogens is 280 g/mol. The summed E-state index contributed by atoms with van der Waals surface area (Å²) in [6.07, 6.45) is 0. The summed E-state index contributed by atoms with van der Waals surface area (Å²) in [6, 6.07) is 4.46. The summed E-state index contributed by atoms with van der Waals surface area (Å²) in [4.78, 5) is 1.43. The average molecular weight is 290 g/mol. The highest BCUT2D eigenvalue weighted by atomic mass is 32.1. The normalized spacial score (nSPS) is 12.4. The SMILES string of the molecule is CC(C)c1cc2c3nsnc3c3ccsc3c2s1. The largest absolute Gasteiger partial charge is 0.172 e. The molecule has 0 aliphatic rings. The fourth-order valence-electron chi connectivity index (χ4n) is 2.25. The van der Waals surface area contributed by atoms with Crippen LogP contribution in [0.3, 0.4) is 0 Å².